The third-order valence-electron chi connectivity index (χ3n) is 5.13. The van der Waals surface area contributed by atoms with E-state index in [2.05, 4.69) is 16.0 Å². The molecule has 1 aromatic rings. The van der Waals surface area contributed by atoms with E-state index in [1.807, 2.05) is 0 Å². The minimum Gasteiger partial charge on any atom is -0.508 e. The summed E-state index contributed by atoms with van der Waals surface area (Å²) >= 11 is 0. The Labute approximate surface area is 211 Å². The predicted molar refractivity (Wildman–Crippen MR) is 126 cm³/mol. The summed E-state index contributed by atoms with van der Waals surface area (Å²) in [7, 11) is 0. The van der Waals surface area contributed by atoms with Gasteiger partial charge in [0.25, 0.3) is 0 Å². The molecule has 0 aromatic heterocycles. The molecule has 0 saturated heterocycles. The Hall–Kier alpha value is -4.24. The second-order valence-electron chi connectivity index (χ2n) is 8.26. The molecule has 4 amide bonds. The van der Waals surface area contributed by atoms with Gasteiger partial charge in [0.05, 0.1) is 12.5 Å². The highest BCUT2D eigenvalue weighted by Crippen LogP contribution is 2.12. The summed E-state index contributed by atoms with van der Waals surface area (Å²) in [5.74, 6) is -6.86. The SMILES string of the molecule is C[C@@H](O)[C@H](N)C(=O)N[C@@H](CC(N)=O)C(=O)N[C@@H](Cc1ccc(O)cc1)C(=O)N[C@@H](CCC(=O)O)C(=O)O. The van der Waals surface area contributed by atoms with Crippen LogP contribution in [0.4, 0.5) is 0 Å². The lowest BCUT2D eigenvalue weighted by Gasteiger charge is -2.25. The van der Waals surface area contributed by atoms with Crippen LogP contribution in [0.5, 0.6) is 5.75 Å². The zero-order valence-corrected chi connectivity index (χ0v) is 19.9. The van der Waals surface area contributed by atoms with E-state index < -0.39 is 85.1 Å². The molecule has 15 heteroatoms. The zero-order valence-electron chi connectivity index (χ0n) is 19.9. The average molecular weight is 526 g/mol. The number of hydrogen-bond acceptors (Lipinski definition) is 9. The van der Waals surface area contributed by atoms with Gasteiger partial charge in [-0.15, -0.1) is 0 Å². The van der Waals surface area contributed by atoms with Crippen LogP contribution in [0.15, 0.2) is 24.3 Å². The second kappa shape index (κ2) is 14.4. The number of phenolic OH excluding ortho intramolecular Hbond substituents is 1. The molecule has 15 nitrogen and oxygen atoms in total. The lowest BCUT2D eigenvalue weighted by atomic mass is 10.0. The molecule has 0 spiro atoms. The van der Waals surface area contributed by atoms with Crippen LogP contribution >= 0.6 is 0 Å². The molecule has 0 bridgehead atoms. The summed E-state index contributed by atoms with van der Waals surface area (Å²) in [4.78, 5) is 71.9. The number of amides is 4. The fourth-order valence-electron chi connectivity index (χ4n) is 3.04. The van der Waals surface area contributed by atoms with Gasteiger partial charge in [0, 0.05) is 12.8 Å². The lowest BCUT2D eigenvalue weighted by Crippen LogP contribution is -2.59. The maximum Gasteiger partial charge on any atom is 0.326 e. The molecule has 0 heterocycles. The predicted octanol–water partition coefficient (Wildman–Crippen LogP) is -3.08. The van der Waals surface area contributed by atoms with Crippen molar-refractivity contribution in [1.29, 1.82) is 0 Å². The summed E-state index contributed by atoms with van der Waals surface area (Å²) < 4.78 is 0. The molecular formula is C22H31N5O10. The number of hydrogen-bond donors (Lipinski definition) is 9. The van der Waals surface area contributed by atoms with Gasteiger partial charge in [0.15, 0.2) is 0 Å². The number of phenols is 1. The summed E-state index contributed by atoms with van der Waals surface area (Å²) in [5.41, 5.74) is 11.1. The number of aliphatic hydroxyl groups is 1. The number of nitrogens with one attached hydrogen (secondary N) is 3. The number of nitrogens with two attached hydrogens (primary N) is 2. The molecule has 0 fully saturated rings. The molecule has 0 saturated carbocycles. The normalized spacial score (nSPS) is 14.8. The molecule has 11 N–H and O–H groups in total. The van der Waals surface area contributed by atoms with Crippen molar-refractivity contribution in [3.63, 3.8) is 0 Å². The second-order valence-corrected chi connectivity index (χ2v) is 8.26. The quantitative estimate of drug-likeness (QED) is 0.111. The van der Waals surface area contributed by atoms with Crippen molar-refractivity contribution in [2.24, 2.45) is 11.5 Å². The van der Waals surface area contributed by atoms with Crippen molar-refractivity contribution in [1.82, 2.24) is 16.0 Å². The van der Waals surface area contributed by atoms with E-state index in [4.69, 9.17) is 16.6 Å². The van der Waals surface area contributed by atoms with Gasteiger partial charge in [-0.3, -0.25) is 24.0 Å². The Morgan fingerprint density at radius 3 is 1.86 bits per heavy atom. The molecule has 204 valence electrons. The highest BCUT2D eigenvalue weighted by Gasteiger charge is 2.32. The Kier molecular flexibility index (Phi) is 11.9. The third-order valence-corrected chi connectivity index (χ3v) is 5.13. The zero-order chi connectivity index (χ0) is 28.3. The molecule has 0 radical (unpaired) electrons. The number of carbonyl (C=O) groups excluding carboxylic acids is 4. The first-order valence-electron chi connectivity index (χ1n) is 11.1. The summed E-state index contributed by atoms with van der Waals surface area (Å²) in [6.45, 7) is 1.23. The van der Waals surface area contributed by atoms with Crippen LogP contribution < -0.4 is 27.4 Å². The number of aliphatic hydroxyl groups excluding tert-OH is 1. The van der Waals surface area contributed by atoms with Crippen LogP contribution in [0.3, 0.4) is 0 Å². The Bertz CT molecular complexity index is 998. The van der Waals surface area contributed by atoms with Crippen LogP contribution in [-0.2, 0) is 35.2 Å². The molecule has 0 aliphatic rings. The topological polar surface area (TPSA) is 271 Å². The number of primary amides is 1. The van der Waals surface area contributed by atoms with Gasteiger partial charge in [-0.1, -0.05) is 12.1 Å². The van der Waals surface area contributed by atoms with Crippen molar-refractivity contribution >= 4 is 35.6 Å². The molecule has 37 heavy (non-hydrogen) atoms. The van der Waals surface area contributed by atoms with Crippen LogP contribution in [0, 0.1) is 0 Å². The first kappa shape index (κ1) is 30.8. The highest BCUT2D eigenvalue weighted by molar-refractivity contribution is 5.96. The molecule has 0 aliphatic heterocycles. The first-order chi connectivity index (χ1) is 17.2. The summed E-state index contributed by atoms with van der Waals surface area (Å²) in [6.07, 6.45) is -3.18. The maximum absolute atomic E-state index is 13.0. The van der Waals surface area contributed by atoms with Crippen molar-refractivity contribution in [2.45, 2.75) is 62.9 Å². The van der Waals surface area contributed by atoms with Crippen LogP contribution in [0.2, 0.25) is 0 Å². The van der Waals surface area contributed by atoms with Crippen LogP contribution in [0.25, 0.3) is 0 Å². The van der Waals surface area contributed by atoms with Crippen LogP contribution in [0.1, 0.15) is 31.7 Å². The Balaban J connectivity index is 3.18. The molecule has 5 atom stereocenters. The number of benzene rings is 1. The van der Waals surface area contributed by atoms with Crippen molar-refractivity contribution < 1.29 is 49.2 Å². The minimum atomic E-state index is -1.59. The van der Waals surface area contributed by atoms with Gasteiger partial charge in [-0.2, -0.15) is 0 Å². The number of carboxylic acids is 2. The largest absolute Gasteiger partial charge is 0.508 e. The monoisotopic (exact) mass is 525 g/mol. The van der Waals surface area contributed by atoms with E-state index in [1.54, 1.807) is 0 Å². The first-order valence-corrected chi connectivity index (χ1v) is 11.1. The number of carboxylic acid groups (broad SMARTS) is 2. The Morgan fingerprint density at radius 2 is 1.38 bits per heavy atom. The standard InChI is InChI=1S/C22H31N5O10/c1-10(28)18(24)21(35)27-15(9-16(23)30)20(34)26-14(8-11-2-4-12(29)5-3-11)19(33)25-13(22(36)37)6-7-17(31)32/h2-5,10,13-15,18,28-29H,6-9,24H2,1H3,(H2,23,30)(H,25,33)(H,26,34)(H,27,35)(H,31,32)(H,36,37)/t10-,13+,14+,15+,18+/m1/s1. The molecule has 1 aromatic carbocycles. The van der Waals surface area contributed by atoms with Gasteiger partial charge < -0.3 is 47.8 Å². The smallest absolute Gasteiger partial charge is 0.326 e. The van der Waals surface area contributed by atoms with E-state index in [0.29, 0.717) is 5.56 Å². The average Bonchev–Trinajstić information content (AvgIpc) is 2.80. The molecule has 1 rings (SSSR count). The van der Waals surface area contributed by atoms with E-state index >= 15 is 0 Å². The molecule has 0 aliphatic carbocycles. The summed E-state index contributed by atoms with van der Waals surface area (Å²) in [5, 5.41) is 43.8. The minimum absolute atomic E-state index is 0.0768. The van der Waals surface area contributed by atoms with Crippen molar-refractivity contribution in [3.05, 3.63) is 29.8 Å². The third kappa shape index (κ3) is 10.9. The van der Waals surface area contributed by atoms with E-state index in [9.17, 15) is 44.1 Å². The van der Waals surface area contributed by atoms with Gasteiger partial charge in [0.2, 0.25) is 23.6 Å². The van der Waals surface area contributed by atoms with Gasteiger partial charge >= 0.3 is 11.9 Å². The number of aromatic hydroxyl groups is 1. The number of carbonyl (C=O) groups is 6. The maximum atomic E-state index is 13.0. The van der Waals surface area contributed by atoms with Crippen molar-refractivity contribution in [2.75, 3.05) is 0 Å². The van der Waals surface area contributed by atoms with Gasteiger partial charge in [-0.25, -0.2) is 4.79 Å². The highest BCUT2D eigenvalue weighted by atomic mass is 16.4. The van der Waals surface area contributed by atoms with E-state index in [1.165, 1.54) is 31.2 Å². The van der Waals surface area contributed by atoms with Crippen molar-refractivity contribution in [3.8, 4) is 5.75 Å². The lowest BCUT2D eigenvalue weighted by molar-refractivity contribution is -0.143. The molecular weight excluding hydrogens is 494 g/mol. The van der Waals surface area contributed by atoms with E-state index in [-0.39, 0.29) is 12.2 Å². The number of aliphatic carboxylic acids is 2. The number of rotatable bonds is 15. The van der Waals surface area contributed by atoms with E-state index in [0.717, 1.165) is 0 Å². The van der Waals surface area contributed by atoms with Gasteiger partial charge in [-0.05, 0) is 31.0 Å². The fraction of sp³-hybridized carbons (Fsp3) is 0.455. The molecule has 0 unspecified atom stereocenters. The van der Waals surface area contributed by atoms with Gasteiger partial charge in [0.1, 0.15) is 29.9 Å². The summed E-state index contributed by atoms with van der Waals surface area (Å²) in [6, 6.07) is -0.582. The van der Waals surface area contributed by atoms with Crippen LogP contribution in [-0.4, -0.2) is 86.3 Å². The fourth-order valence-corrected chi connectivity index (χ4v) is 3.04. The Morgan fingerprint density at radius 1 is 0.865 bits per heavy atom.